The first kappa shape index (κ1) is 11.3. The fourth-order valence-corrected chi connectivity index (χ4v) is 1.44. The molecule has 0 radical (unpaired) electrons. The number of benzene rings is 1. The summed E-state index contributed by atoms with van der Waals surface area (Å²) in [6.45, 7) is 2.06. The van der Waals surface area contributed by atoms with E-state index in [1.165, 1.54) is 6.92 Å². The Morgan fingerprint density at radius 3 is 2.71 bits per heavy atom. The van der Waals surface area contributed by atoms with Gasteiger partial charge in [-0.1, -0.05) is 12.1 Å². The van der Waals surface area contributed by atoms with Crippen molar-refractivity contribution < 1.29 is 14.3 Å². The minimum Gasteiger partial charge on any atom is -0.489 e. The quantitative estimate of drug-likeness (QED) is 0.486. The highest BCUT2D eigenvalue weighted by molar-refractivity contribution is 14.1. The van der Waals surface area contributed by atoms with E-state index in [-0.39, 0.29) is 5.97 Å². The Bertz CT molecular complexity index is 312. The number of hydrogen-bond acceptors (Lipinski definition) is 3. The fourth-order valence-electron chi connectivity index (χ4n) is 0.899. The summed E-state index contributed by atoms with van der Waals surface area (Å²) in [5.41, 5.74) is 0. The molecule has 0 bridgehead atoms. The van der Waals surface area contributed by atoms with Gasteiger partial charge in [-0.3, -0.25) is 4.79 Å². The lowest BCUT2D eigenvalue weighted by molar-refractivity contribution is -0.141. The maximum absolute atomic E-state index is 10.4. The first-order valence-electron chi connectivity index (χ1n) is 4.21. The van der Waals surface area contributed by atoms with E-state index in [1.807, 2.05) is 24.3 Å². The number of para-hydroxylation sites is 1. The molecule has 0 fully saturated rings. The van der Waals surface area contributed by atoms with Crippen LogP contribution in [0, 0.1) is 3.57 Å². The van der Waals surface area contributed by atoms with Crippen LogP contribution in [0.25, 0.3) is 0 Å². The van der Waals surface area contributed by atoms with E-state index in [0.29, 0.717) is 13.2 Å². The SMILES string of the molecule is CC(=O)OCCOc1ccccc1I. The molecule has 0 aromatic heterocycles. The van der Waals surface area contributed by atoms with E-state index in [1.54, 1.807) is 0 Å². The number of carbonyl (C=O) groups excluding carboxylic acids is 1. The van der Waals surface area contributed by atoms with E-state index < -0.39 is 0 Å². The molecule has 0 amide bonds. The zero-order valence-electron chi connectivity index (χ0n) is 7.83. The molecule has 1 rings (SSSR count). The first-order chi connectivity index (χ1) is 6.70. The molecule has 0 aliphatic carbocycles. The molecule has 3 nitrogen and oxygen atoms in total. The van der Waals surface area contributed by atoms with E-state index in [0.717, 1.165) is 9.32 Å². The van der Waals surface area contributed by atoms with Crippen LogP contribution in [0.5, 0.6) is 5.75 Å². The van der Waals surface area contributed by atoms with Crippen molar-refractivity contribution in [1.29, 1.82) is 0 Å². The van der Waals surface area contributed by atoms with Gasteiger partial charge in [-0.05, 0) is 34.7 Å². The van der Waals surface area contributed by atoms with Gasteiger partial charge in [0.05, 0.1) is 3.57 Å². The highest BCUT2D eigenvalue weighted by Gasteiger charge is 1.99. The number of rotatable bonds is 4. The van der Waals surface area contributed by atoms with Crippen molar-refractivity contribution >= 4 is 28.6 Å². The minimum absolute atomic E-state index is 0.281. The summed E-state index contributed by atoms with van der Waals surface area (Å²) in [5, 5.41) is 0. The smallest absolute Gasteiger partial charge is 0.302 e. The van der Waals surface area contributed by atoms with Crippen molar-refractivity contribution in [3.05, 3.63) is 27.8 Å². The molecule has 0 aliphatic heterocycles. The van der Waals surface area contributed by atoms with Crippen LogP contribution in [0.4, 0.5) is 0 Å². The standard InChI is InChI=1S/C10H11IO3/c1-8(12)13-6-7-14-10-5-3-2-4-9(10)11/h2-5H,6-7H2,1H3. The van der Waals surface area contributed by atoms with Crippen molar-refractivity contribution in [3.8, 4) is 5.75 Å². The van der Waals surface area contributed by atoms with Gasteiger partial charge in [0.1, 0.15) is 19.0 Å². The highest BCUT2D eigenvalue weighted by atomic mass is 127. The summed E-state index contributed by atoms with van der Waals surface area (Å²) >= 11 is 2.19. The van der Waals surface area contributed by atoms with E-state index >= 15 is 0 Å². The van der Waals surface area contributed by atoms with Gasteiger partial charge in [0.25, 0.3) is 0 Å². The Labute approximate surface area is 96.5 Å². The molecule has 0 heterocycles. The third-order valence-corrected chi connectivity index (χ3v) is 2.37. The normalized spacial score (nSPS) is 9.57. The number of carbonyl (C=O) groups is 1. The van der Waals surface area contributed by atoms with E-state index in [2.05, 4.69) is 22.6 Å². The molecule has 0 spiro atoms. The molecular formula is C10H11IO3. The lowest BCUT2D eigenvalue weighted by Crippen LogP contribution is -2.09. The van der Waals surface area contributed by atoms with Crippen molar-refractivity contribution in [1.82, 2.24) is 0 Å². The first-order valence-corrected chi connectivity index (χ1v) is 5.28. The Balaban J connectivity index is 2.31. The Morgan fingerprint density at radius 1 is 1.36 bits per heavy atom. The van der Waals surface area contributed by atoms with Crippen LogP contribution in [0.2, 0.25) is 0 Å². The van der Waals surface area contributed by atoms with Gasteiger partial charge in [-0.15, -0.1) is 0 Å². The second-order valence-electron chi connectivity index (χ2n) is 2.62. The third-order valence-electron chi connectivity index (χ3n) is 1.48. The van der Waals surface area contributed by atoms with Crippen LogP contribution in [0.15, 0.2) is 24.3 Å². The number of ether oxygens (including phenoxy) is 2. The monoisotopic (exact) mass is 306 g/mol. The van der Waals surface area contributed by atoms with Gasteiger partial charge >= 0.3 is 5.97 Å². The summed E-state index contributed by atoms with van der Waals surface area (Å²) in [7, 11) is 0. The summed E-state index contributed by atoms with van der Waals surface area (Å²) in [4.78, 5) is 10.4. The van der Waals surface area contributed by atoms with E-state index in [4.69, 9.17) is 9.47 Å². The predicted octanol–water partition coefficient (Wildman–Crippen LogP) is 2.23. The second kappa shape index (κ2) is 5.85. The zero-order valence-corrected chi connectivity index (χ0v) is 9.98. The molecule has 1 aromatic carbocycles. The maximum atomic E-state index is 10.4. The lowest BCUT2D eigenvalue weighted by atomic mass is 10.3. The second-order valence-corrected chi connectivity index (χ2v) is 3.78. The molecule has 0 atom stereocenters. The van der Waals surface area contributed by atoms with Crippen molar-refractivity contribution in [3.63, 3.8) is 0 Å². The van der Waals surface area contributed by atoms with Gasteiger partial charge in [0.2, 0.25) is 0 Å². The maximum Gasteiger partial charge on any atom is 0.302 e. The molecule has 0 saturated carbocycles. The Kier molecular flexibility index (Phi) is 4.72. The molecule has 0 aliphatic rings. The highest BCUT2D eigenvalue weighted by Crippen LogP contribution is 2.19. The van der Waals surface area contributed by atoms with Crippen LogP contribution < -0.4 is 4.74 Å². The van der Waals surface area contributed by atoms with Crippen LogP contribution in [0.1, 0.15) is 6.92 Å². The molecule has 1 aromatic rings. The minimum atomic E-state index is -0.281. The van der Waals surface area contributed by atoms with Crippen LogP contribution in [-0.2, 0) is 9.53 Å². The molecule has 14 heavy (non-hydrogen) atoms. The van der Waals surface area contributed by atoms with Crippen molar-refractivity contribution in [2.75, 3.05) is 13.2 Å². The average molecular weight is 306 g/mol. The summed E-state index contributed by atoms with van der Waals surface area (Å²) < 4.78 is 11.2. The topological polar surface area (TPSA) is 35.5 Å². The summed E-state index contributed by atoms with van der Waals surface area (Å²) in [6.07, 6.45) is 0. The Hall–Kier alpha value is -0.780. The zero-order chi connectivity index (χ0) is 10.4. The third kappa shape index (κ3) is 3.95. The van der Waals surface area contributed by atoms with Crippen molar-refractivity contribution in [2.45, 2.75) is 6.92 Å². The average Bonchev–Trinajstić information content (AvgIpc) is 2.15. The van der Waals surface area contributed by atoms with Crippen LogP contribution in [-0.4, -0.2) is 19.2 Å². The van der Waals surface area contributed by atoms with Gasteiger partial charge in [0.15, 0.2) is 0 Å². The predicted molar refractivity (Wildman–Crippen MR) is 61.3 cm³/mol. The molecular weight excluding hydrogens is 295 g/mol. The van der Waals surface area contributed by atoms with Gasteiger partial charge in [-0.2, -0.15) is 0 Å². The van der Waals surface area contributed by atoms with Gasteiger partial charge in [0, 0.05) is 6.92 Å². The van der Waals surface area contributed by atoms with Crippen LogP contribution >= 0.6 is 22.6 Å². The van der Waals surface area contributed by atoms with Crippen molar-refractivity contribution in [2.24, 2.45) is 0 Å². The van der Waals surface area contributed by atoms with Crippen LogP contribution in [0.3, 0.4) is 0 Å². The molecule has 0 N–H and O–H groups in total. The number of halogens is 1. The molecule has 0 saturated heterocycles. The number of hydrogen-bond donors (Lipinski definition) is 0. The summed E-state index contributed by atoms with van der Waals surface area (Å²) in [6, 6.07) is 7.70. The van der Waals surface area contributed by atoms with Gasteiger partial charge in [-0.25, -0.2) is 0 Å². The lowest BCUT2D eigenvalue weighted by Gasteiger charge is -2.07. The van der Waals surface area contributed by atoms with E-state index in [9.17, 15) is 4.79 Å². The Morgan fingerprint density at radius 2 is 2.07 bits per heavy atom. The largest absolute Gasteiger partial charge is 0.489 e. The molecule has 76 valence electrons. The fraction of sp³-hybridized carbons (Fsp3) is 0.300. The number of esters is 1. The molecule has 0 unspecified atom stereocenters. The van der Waals surface area contributed by atoms with Gasteiger partial charge < -0.3 is 9.47 Å². The molecule has 4 heteroatoms. The summed E-state index contributed by atoms with van der Waals surface area (Å²) in [5.74, 6) is 0.539.